The van der Waals surface area contributed by atoms with Gasteiger partial charge < -0.3 is 14.4 Å². The quantitative estimate of drug-likeness (QED) is 0.765. The number of hydrogen-bond donors (Lipinski definition) is 0. The highest BCUT2D eigenvalue weighted by atomic mass is 32.2. The van der Waals surface area contributed by atoms with Crippen LogP contribution in [0.1, 0.15) is 0 Å². The number of rotatable bonds is 4. The largest absolute Gasteiger partial charge is 0.379 e. The van der Waals surface area contributed by atoms with E-state index in [1.54, 1.807) is 12.1 Å². The van der Waals surface area contributed by atoms with Crippen molar-refractivity contribution in [1.82, 2.24) is 9.88 Å². The molecule has 0 N–H and O–H groups in total. The van der Waals surface area contributed by atoms with E-state index in [-0.39, 0.29) is 11.0 Å². The molecule has 128 valence electrons. The van der Waals surface area contributed by atoms with Gasteiger partial charge in [-0.3, -0.25) is 4.90 Å². The van der Waals surface area contributed by atoms with Gasteiger partial charge in [-0.2, -0.15) is 0 Å². The molecule has 1 aromatic heterocycles. The van der Waals surface area contributed by atoms with Crippen LogP contribution in [0.2, 0.25) is 0 Å². The minimum absolute atomic E-state index is 0.137. The summed E-state index contributed by atoms with van der Waals surface area (Å²) in [6.07, 6.45) is 2.76. The number of sulfone groups is 1. The summed E-state index contributed by atoms with van der Waals surface area (Å²) in [6.45, 7) is 6.54. The molecule has 0 spiro atoms. The van der Waals surface area contributed by atoms with Gasteiger partial charge in [-0.05, 0) is 12.1 Å². The molecule has 1 aromatic rings. The Bertz CT molecular complexity index is 614. The minimum atomic E-state index is -3.20. The van der Waals surface area contributed by atoms with Crippen molar-refractivity contribution < 1.29 is 17.9 Å². The summed E-state index contributed by atoms with van der Waals surface area (Å²) < 4.78 is 34.2. The second kappa shape index (κ2) is 7.12. The summed E-state index contributed by atoms with van der Waals surface area (Å²) >= 11 is 0. The van der Waals surface area contributed by atoms with Crippen LogP contribution < -0.4 is 4.90 Å². The monoisotopic (exact) mass is 341 g/mol. The third-order valence-corrected chi connectivity index (χ3v) is 5.27. The summed E-state index contributed by atoms with van der Waals surface area (Å²) in [6, 6.07) is 3.39. The Balaban J connectivity index is 1.61. The van der Waals surface area contributed by atoms with Crippen molar-refractivity contribution in [3.63, 3.8) is 0 Å². The predicted molar refractivity (Wildman–Crippen MR) is 86.6 cm³/mol. The van der Waals surface area contributed by atoms with Gasteiger partial charge in [-0.1, -0.05) is 0 Å². The molecule has 1 unspecified atom stereocenters. The van der Waals surface area contributed by atoms with Gasteiger partial charge in [-0.15, -0.1) is 0 Å². The number of aromatic nitrogens is 1. The van der Waals surface area contributed by atoms with Crippen LogP contribution in [0.25, 0.3) is 0 Å². The van der Waals surface area contributed by atoms with Crippen LogP contribution >= 0.6 is 0 Å². The summed E-state index contributed by atoms with van der Waals surface area (Å²) in [5.74, 6) is 0.799. The van der Waals surface area contributed by atoms with E-state index in [0.717, 1.165) is 51.8 Å². The lowest BCUT2D eigenvalue weighted by Crippen LogP contribution is -2.50. The molecule has 2 saturated heterocycles. The Labute approximate surface area is 137 Å². The zero-order valence-electron chi connectivity index (χ0n) is 13.3. The predicted octanol–water partition coefficient (Wildman–Crippen LogP) is 0.0225. The average molecular weight is 341 g/mol. The first-order chi connectivity index (χ1) is 11.0. The summed E-state index contributed by atoms with van der Waals surface area (Å²) in [5.41, 5.74) is 0. The molecular weight excluding hydrogens is 318 g/mol. The molecule has 23 heavy (non-hydrogen) atoms. The van der Waals surface area contributed by atoms with E-state index < -0.39 is 9.84 Å². The number of morpholine rings is 2. The van der Waals surface area contributed by atoms with E-state index in [0.29, 0.717) is 6.61 Å². The smallest absolute Gasteiger partial charge is 0.177 e. The van der Waals surface area contributed by atoms with E-state index in [2.05, 4.69) is 14.8 Å². The first kappa shape index (κ1) is 16.6. The highest BCUT2D eigenvalue weighted by Gasteiger charge is 2.24. The molecular formula is C15H23N3O4S. The average Bonchev–Trinajstić information content (AvgIpc) is 2.55. The Kier molecular flexibility index (Phi) is 5.15. The lowest BCUT2D eigenvalue weighted by molar-refractivity contribution is -0.0172. The lowest BCUT2D eigenvalue weighted by Gasteiger charge is -2.37. The second-order valence-electron chi connectivity index (χ2n) is 5.98. The first-order valence-corrected chi connectivity index (χ1v) is 9.74. The van der Waals surface area contributed by atoms with Gasteiger partial charge in [0.25, 0.3) is 0 Å². The minimum Gasteiger partial charge on any atom is -0.379 e. The number of pyridine rings is 1. The fourth-order valence-corrected chi connectivity index (χ4v) is 3.45. The van der Waals surface area contributed by atoms with Crippen molar-refractivity contribution in [3.8, 4) is 0 Å². The second-order valence-corrected chi connectivity index (χ2v) is 7.99. The normalized spacial score (nSPS) is 23.9. The van der Waals surface area contributed by atoms with Gasteiger partial charge in [-0.25, -0.2) is 13.4 Å². The summed E-state index contributed by atoms with van der Waals surface area (Å²) in [4.78, 5) is 9.07. The van der Waals surface area contributed by atoms with Gasteiger partial charge >= 0.3 is 0 Å². The van der Waals surface area contributed by atoms with Crippen LogP contribution in [0.15, 0.2) is 23.2 Å². The van der Waals surface area contributed by atoms with E-state index in [9.17, 15) is 8.42 Å². The molecule has 3 rings (SSSR count). The number of ether oxygens (including phenoxy) is 2. The third kappa shape index (κ3) is 4.41. The van der Waals surface area contributed by atoms with E-state index in [4.69, 9.17) is 9.47 Å². The highest BCUT2D eigenvalue weighted by molar-refractivity contribution is 7.90. The van der Waals surface area contributed by atoms with E-state index >= 15 is 0 Å². The standard InChI is InChI=1S/C15H23N3O4S/c1-23(19,20)14-2-3-15(16-10-14)18-6-9-22-13(12-18)11-17-4-7-21-8-5-17/h2-3,10,13H,4-9,11-12H2,1H3. The van der Waals surface area contributed by atoms with Crippen molar-refractivity contribution in [2.45, 2.75) is 11.0 Å². The maximum atomic E-state index is 11.5. The van der Waals surface area contributed by atoms with Crippen LogP contribution in [-0.4, -0.2) is 83.2 Å². The van der Waals surface area contributed by atoms with Crippen molar-refractivity contribution in [3.05, 3.63) is 18.3 Å². The Morgan fingerprint density at radius 1 is 1.22 bits per heavy atom. The third-order valence-electron chi connectivity index (χ3n) is 4.18. The number of nitrogens with zero attached hydrogens (tertiary/aromatic N) is 3. The molecule has 0 bridgehead atoms. The first-order valence-electron chi connectivity index (χ1n) is 7.85. The van der Waals surface area contributed by atoms with E-state index in [1.165, 1.54) is 12.5 Å². The SMILES string of the molecule is CS(=O)(=O)c1ccc(N2CCOC(CN3CCOCC3)C2)nc1. The van der Waals surface area contributed by atoms with Gasteiger partial charge in [0.2, 0.25) is 0 Å². The molecule has 0 aromatic carbocycles. The zero-order chi connectivity index (χ0) is 16.3. The van der Waals surface area contributed by atoms with Gasteiger partial charge in [0.15, 0.2) is 9.84 Å². The topological polar surface area (TPSA) is 72.0 Å². The lowest BCUT2D eigenvalue weighted by atomic mass is 10.2. The Morgan fingerprint density at radius 3 is 2.65 bits per heavy atom. The summed E-state index contributed by atoms with van der Waals surface area (Å²) in [5, 5.41) is 0. The van der Waals surface area contributed by atoms with Crippen LogP contribution in [0.4, 0.5) is 5.82 Å². The molecule has 1 atom stereocenters. The number of anilines is 1. The van der Waals surface area contributed by atoms with Crippen LogP contribution in [0.3, 0.4) is 0 Å². The molecule has 0 aliphatic carbocycles. The molecule has 7 nitrogen and oxygen atoms in total. The fourth-order valence-electron chi connectivity index (χ4n) is 2.89. The molecule has 8 heteroatoms. The molecule has 2 fully saturated rings. The number of hydrogen-bond acceptors (Lipinski definition) is 7. The maximum Gasteiger partial charge on any atom is 0.177 e. The van der Waals surface area contributed by atoms with E-state index in [1.807, 2.05) is 0 Å². The Morgan fingerprint density at radius 2 is 2.00 bits per heavy atom. The van der Waals surface area contributed by atoms with Gasteiger partial charge in [0.05, 0.1) is 30.8 Å². The molecule has 0 saturated carbocycles. The molecule has 2 aliphatic heterocycles. The molecule has 0 radical (unpaired) electrons. The van der Waals surface area contributed by atoms with Crippen molar-refractivity contribution in [2.24, 2.45) is 0 Å². The van der Waals surface area contributed by atoms with Crippen molar-refractivity contribution in [1.29, 1.82) is 0 Å². The molecule has 2 aliphatic rings. The molecule has 3 heterocycles. The Hall–Kier alpha value is -1.22. The van der Waals surface area contributed by atoms with Crippen molar-refractivity contribution >= 4 is 15.7 Å². The highest BCUT2D eigenvalue weighted by Crippen LogP contribution is 2.18. The molecule has 0 amide bonds. The maximum absolute atomic E-state index is 11.5. The van der Waals surface area contributed by atoms with Crippen LogP contribution in [-0.2, 0) is 19.3 Å². The van der Waals surface area contributed by atoms with Crippen molar-refractivity contribution in [2.75, 3.05) is 63.7 Å². The fraction of sp³-hybridized carbons (Fsp3) is 0.667. The van der Waals surface area contributed by atoms with Gasteiger partial charge in [0, 0.05) is 45.2 Å². The zero-order valence-corrected chi connectivity index (χ0v) is 14.2. The summed E-state index contributed by atoms with van der Waals surface area (Å²) in [7, 11) is -3.20. The van der Waals surface area contributed by atoms with Crippen LogP contribution in [0.5, 0.6) is 0 Å². The van der Waals surface area contributed by atoms with Gasteiger partial charge in [0.1, 0.15) is 5.82 Å². The van der Waals surface area contributed by atoms with Crippen LogP contribution in [0, 0.1) is 0 Å².